The van der Waals surface area contributed by atoms with E-state index in [9.17, 15) is 5.26 Å². The van der Waals surface area contributed by atoms with E-state index in [-0.39, 0.29) is 23.3 Å². The molecule has 6 nitrogen and oxygen atoms in total. The number of anilines is 3. The lowest BCUT2D eigenvalue weighted by molar-refractivity contribution is 1.04. The molecule has 0 unspecified atom stereocenters. The van der Waals surface area contributed by atoms with E-state index < -0.39 is 0 Å². The van der Waals surface area contributed by atoms with Gasteiger partial charge in [-0.25, -0.2) is 0 Å². The summed E-state index contributed by atoms with van der Waals surface area (Å²) >= 11 is 12.2. The van der Waals surface area contributed by atoms with Crippen molar-refractivity contribution in [2.75, 3.05) is 11.1 Å². The minimum absolute atomic E-state index is 0.00762. The number of nitrogens with two attached hydrogens (primary N) is 1. The molecule has 1 aromatic heterocycles. The van der Waals surface area contributed by atoms with Gasteiger partial charge < -0.3 is 11.1 Å². The fraction of sp³-hybridized carbons (Fsp3) is 0. The van der Waals surface area contributed by atoms with Gasteiger partial charge in [-0.15, -0.1) is 0 Å². The quantitative estimate of drug-likeness (QED) is 0.640. The Hall–Kier alpha value is -3.14. The maximum absolute atomic E-state index is 9.52. The highest BCUT2D eigenvalue weighted by Gasteiger charge is 2.11. The Morgan fingerprint density at radius 1 is 1.04 bits per heavy atom. The van der Waals surface area contributed by atoms with E-state index in [1.165, 1.54) is 0 Å². The van der Waals surface area contributed by atoms with Gasteiger partial charge in [-0.05, 0) is 29.8 Å². The summed E-state index contributed by atoms with van der Waals surface area (Å²) in [5.74, 6) is 0.360. The standard InChI is InChI=1S/C18H12Cl2N6/c19-14-8-4-5-11(15(14)20)9-12(10-21)16-24-17(22)26-18(25-16)23-13-6-2-1-3-7-13/h1-9H,(H3,22,23,24,25,26)/b12-9-. The van der Waals surface area contributed by atoms with Gasteiger partial charge in [0.25, 0.3) is 0 Å². The van der Waals surface area contributed by atoms with Gasteiger partial charge in [-0.2, -0.15) is 20.2 Å². The second-order valence-electron chi connectivity index (χ2n) is 5.14. The number of nitriles is 1. The van der Waals surface area contributed by atoms with Crippen LogP contribution in [0.3, 0.4) is 0 Å². The van der Waals surface area contributed by atoms with Crippen LogP contribution in [0.1, 0.15) is 11.4 Å². The van der Waals surface area contributed by atoms with E-state index in [1.54, 1.807) is 24.3 Å². The third-order valence-corrected chi connectivity index (χ3v) is 4.16. The average molecular weight is 383 g/mol. The number of nitrogens with zero attached hydrogens (tertiary/aromatic N) is 4. The molecule has 3 rings (SSSR count). The SMILES string of the molecule is N#C/C(=C/c1cccc(Cl)c1Cl)c1nc(N)nc(Nc2ccccc2)n1. The molecule has 3 aromatic rings. The molecular formula is C18H12Cl2N6. The van der Waals surface area contributed by atoms with Crippen LogP contribution < -0.4 is 11.1 Å². The maximum Gasteiger partial charge on any atom is 0.232 e. The van der Waals surface area contributed by atoms with Gasteiger partial charge in [0.15, 0.2) is 5.82 Å². The second kappa shape index (κ2) is 7.83. The number of allylic oxidation sites excluding steroid dienone is 1. The molecule has 26 heavy (non-hydrogen) atoms. The number of halogens is 2. The minimum atomic E-state index is -0.00762. The first-order valence-corrected chi connectivity index (χ1v) is 8.22. The number of nitrogens with one attached hydrogen (secondary N) is 1. The van der Waals surface area contributed by atoms with Crippen LogP contribution in [0.4, 0.5) is 17.6 Å². The van der Waals surface area contributed by atoms with Gasteiger partial charge in [0.1, 0.15) is 6.07 Å². The molecule has 0 aliphatic rings. The zero-order chi connectivity index (χ0) is 18.5. The van der Waals surface area contributed by atoms with Crippen LogP contribution in [0.25, 0.3) is 11.6 Å². The molecule has 0 amide bonds. The zero-order valence-corrected chi connectivity index (χ0v) is 14.8. The summed E-state index contributed by atoms with van der Waals surface area (Å²) in [7, 11) is 0. The number of benzene rings is 2. The van der Waals surface area contributed by atoms with Crippen molar-refractivity contribution in [2.45, 2.75) is 0 Å². The fourth-order valence-electron chi connectivity index (χ4n) is 2.15. The molecular weight excluding hydrogens is 371 g/mol. The van der Waals surface area contributed by atoms with Crippen LogP contribution in [0.15, 0.2) is 48.5 Å². The van der Waals surface area contributed by atoms with E-state index in [1.807, 2.05) is 30.3 Å². The summed E-state index contributed by atoms with van der Waals surface area (Å²) in [6.45, 7) is 0. The summed E-state index contributed by atoms with van der Waals surface area (Å²) < 4.78 is 0. The first kappa shape index (κ1) is 17.7. The van der Waals surface area contributed by atoms with Gasteiger partial charge in [-0.3, -0.25) is 0 Å². The molecule has 0 saturated heterocycles. The summed E-state index contributed by atoms with van der Waals surface area (Å²) in [4.78, 5) is 12.4. The van der Waals surface area contributed by atoms with Crippen molar-refractivity contribution in [3.05, 3.63) is 70.0 Å². The minimum Gasteiger partial charge on any atom is -0.368 e. The highest BCUT2D eigenvalue weighted by molar-refractivity contribution is 6.43. The van der Waals surface area contributed by atoms with E-state index in [0.29, 0.717) is 15.6 Å². The van der Waals surface area contributed by atoms with Crippen molar-refractivity contribution in [3.63, 3.8) is 0 Å². The van der Waals surface area contributed by atoms with Gasteiger partial charge in [0.2, 0.25) is 11.9 Å². The second-order valence-corrected chi connectivity index (χ2v) is 5.93. The first-order valence-electron chi connectivity index (χ1n) is 7.46. The molecule has 1 heterocycles. The molecule has 0 aliphatic carbocycles. The van der Waals surface area contributed by atoms with E-state index in [2.05, 4.69) is 26.3 Å². The highest BCUT2D eigenvalue weighted by Crippen LogP contribution is 2.28. The van der Waals surface area contributed by atoms with Crippen molar-refractivity contribution < 1.29 is 0 Å². The molecule has 0 atom stereocenters. The number of nitrogen functional groups attached to an aromatic ring is 1. The fourth-order valence-corrected chi connectivity index (χ4v) is 2.52. The predicted molar refractivity (Wildman–Crippen MR) is 104 cm³/mol. The monoisotopic (exact) mass is 382 g/mol. The van der Waals surface area contributed by atoms with Crippen LogP contribution in [0.5, 0.6) is 0 Å². The largest absolute Gasteiger partial charge is 0.368 e. The molecule has 0 spiro atoms. The molecule has 0 aliphatic heterocycles. The van der Waals surface area contributed by atoms with Gasteiger partial charge >= 0.3 is 0 Å². The predicted octanol–water partition coefficient (Wildman–Crippen LogP) is 4.57. The Kier molecular flexibility index (Phi) is 5.32. The number of hydrogen-bond acceptors (Lipinski definition) is 6. The third kappa shape index (κ3) is 4.09. The molecule has 0 saturated carbocycles. The van der Waals surface area contributed by atoms with E-state index in [4.69, 9.17) is 28.9 Å². The van der Waals surface area contributed by atoms with Crippen molar-refractivity contribution >= 4 is 52.4 Å². The van der Waals surface area contributed by atoms with Crippen LogP contribution >= 0.6 is 23.2 Å². The summed E-state index contributed by atoms with van der Waals surface area (Å²) in [6.07, 6.45) is 1.55. The van der Waals surface area contributed by atoms with Gasteiger partial charge in [0.05, 0.1) is 15.6 Å². The molecule has 8 heteroatoms. The van der Waals surface area contributed by atoms with Crippen molar-refractivity contribution in [3.8, 4) is 6.07 Å². The average Bonchev–Trinajstić information content (AvgIpc) is 2.63. The van der Waals surface area contributed by atoms with Gasteiger partial charge in [0, 0.05) is 5.69 Å². The lowest BCUT2D eigenvalue weighted by atomic mass is 10.1. The summed E-state index contributed by atoms with van der Waals surface area (Å²) in [5, 5.41) is 13.3. The lowest BCUT2D eigenvalue weighted by Gasteiger charge is -2.07. The Balaban J connectivity index is 2.00. The molecule has 0 fully saturated rings. The summed E-state index contributed by atoms with van der Waals surface area (Å²) in [5.41, 5.74) is 7.30. The molecule has 2 aromatic carbocycles. The number of rotatable bonds is 4. The molecule has 0 radical (unpaired) electrons. The van der Waals surface area contributed by atoms with Crippen molar-refractivity contribution in [1.82, 2.24) is 15.0 Å². The Labute approximate surface area is 159 Å². The van der Waals surface area contributed by atoms with Crippen LogP contribution in [0, 0.1) is 11.3 Å². The maximum atomic E-state index is 9.52. The van der Waals surface area contributed by atoms with Gasteiger partial charge in [-0.1, -0.05) is 53.5 Å². The number of para-hydroxylation sites is 1. The Morgan fingerprint density at radius 3 is 2.54 bits per heavy atom. The van der Waals surface area contributed by atoms with Crippen molar-refractivity contribution in [1.29, 1.82) is 5.26 Å². The van der Waals surface area contributed by atoms with E-state index >= 15 is 0 Å². The molecule has 128 valence electrons. The topological polar surface area (TPSA) is 101 Å². The first-order chi connectivity index (χ1) is 12.6. The molecule has 0 bridgehead atoms. The van der Waals surface area contributed by atoms with Crippen LogP contribution in [0.2, 0.25) is 10.0 Å². The third-order valence-electron chi connectivity index (χ3n) is 3.33. The normalized spacial score (nSPS) is 11.0. The van der Waals surface area contributed by atoms with Crippen molar-refractivity contribution in [2.24, 2.45) is 0 Å². The van der Waals surface area contributed by atoms with Crippen LogP contribution in [-0.4, -0.2) is 15.0 Å². The summed E-state index contributed by atoms with van der Waals surface area (Å²) in [6, 6.07) is 16.5. The number of hydrogen-bond donors (Lipinski definition) is 2. The Bertz CT molecular complexity index is 1010. The van der Waals surface area contributed by atoms with E-state index in [0.717, 1.165) is 5.69 Å². The molecule has 3 N–H and O–H groups in total. The lowest BCUT2D eigenvalue weighted by Crippen LogP contribution is -2.06. The highest BCUT2D eigenvalue weighted by atomic mass is 35.5. The smallest absolute Gasteiger partial charge is 0.232 e. The number of aromatic nitrogens is 3. The van der Waals surface area contributed by atoms with Crippen LogP contribution in [-0.2, 0) is 0 Å². The zero-order valence-electron chi connectivity index (χ0n) is 13.3. The Morgan fingerprint density at radius 2 is 1.81 bits per heavy atom.